The molecule has 0 spiro atoms. The summed E-state index contributed by atoms with van der Waals surface area (Å²) in [4.78, 5) is 52.6. The van der Waals surface area contributed by atoms with Gasteiger partial charge in [-0.05, 0) is 5.41 Å². The van der Waals surface area contributed by atoms with E-state index in [2.05, 4.69) is 20.6 Å². The third-order valence-electron chi connectivity index (χ3n) is 4.42. The van der Waals surface area contributed by atoms with Crippen LogP contribution in [0.4, 0.5) is 0 Å². The molecule has 174 valence electrons. The lowest BCUT2D eigenvalue weighted by molar-refractivity contribution is -0.137. The fourth-order valence-electron chi connectivity index (χ4n) is 2.77. The molecule has 0 aliphatic carbocycles. The number of imide groups is 1. The van der Waals surface area contributed by atoms with Crippen molar-refractivity contribution >= 4 is 29.8 Å². The first-order valence-corrected chi connectivity index (χ1v) is 10.2. The molecule has 0 radical (unpaired) electrons. The highest BCUT2D eigenvalue weighted by molar-refractivity contribution is 6.13. The zero-order valence-electron chi connectivity index (χ0n) is 19.0. The molecular formula is C21H34N4O6. The van der Waals surface area contributed by atoms with Crippen LogP contribution in [0.25, 0.3) is 0 Å². The highest BCUT2D eigenvalue weighted by Gasteiger charge is 2.26. The SMILES string of the molecule is CO/N=C/CNC(=O)CC(C)(C)COCC(C)(C)CNC(=O)CCN1C(=O)C=CC1=O. The monoisotopic (exact) mass is 438 g/mol. The van der Waals surface area contributed by atoms with Crippen molar-refractivity contribution in [3.8, 4) is 0 Å². The fraction of sp³-hybridized carbons (Fsp3) is 0.667. The van der Waals surface area contributed by atoms with Crippen LogP contribution in [0, 0.1) is 10.8 Å². The lowest BCUT2D eigenvalue weighted by Crippen LogP contribution is -2.40. The number of amides is 4. The zero-order chi connectivity index (χ0) is 23.5. The van der Waals surface area contributed by atoms with E-state index in [9.17, 15) is 19.2 Å². The molecule has 0 saturated carbocycles. The third kappa shape index (κ3) is 10.7. The van der Waals surface area contributed by atoms with Crippen LogP contribution in [-0.2, 0) is 28.8 Å². The maximum absolute atomic E-state index is 12.1. The zero-order valence-corrected chi connectivity index (χ0v) is 19.0. The molecule has 0 atom stereocenters. The van der Waals surface area contributed by atoms with Gasteiger partial charge in [-0.25, -0.2) is 0 Å². The average molecular weight is 439 g/mol. The molecule has 0 aromatic heterocycles. The summed E-state index contributed by atoms with van der Waals surface area (Å²) in [7, 11) is 1.43. The first-order valence-electron chi connectivity index (χ1n) is 10.2. The predicted molar refractivity (Wildman–Crippen MR) is 115 cm³/mol. The van der Waals surface area contributed by atoms with Gasteiger partial charge >= 0.3 is 0 Å². The standard InChI is InChI=1S/C21H34N4O6/c1-20(2,12-17(27)22-9-10-24-30-5)14-31-15-21(3,4)13-23-16(26)8-11-25-18(28)6-7-19(25)29/h6-7,10H,8-9,11-15H2,1-5H3,(H,22,27)(H,23,26)/b24-10+. The molecule has 0 unspecified atom stereocenters. The largest absolute Gasteiger partial charge is 0.399 e. The van der Waals surface area contributed by atoms with Gasteiger partial charge in [-0.2, -0.15) is 0 Å². The number of nitrogens with zero attached hydrogens (tertiary/aromatic N) is 2. The Morgan fingerprint density at radius 2 is 1.65 bits per heavy atom. The van der Waals surface area contributed by atoms with Crippen molar-refractivity contribution in [1.29, 1.82) is 0 Å². The van der Waals surface area contributed by atoms with E-state index in [0.717, 1.165) is 4.90 Å². The summed E-state index contributed by atoms with van der Waals surface area (Å²) in [5.41, 5.74) is -0.684. The van der Waals surface area contributed by atoms with Gasteiger partial charge in [0.25, 0.3) is 11.8 Å². The van der Waals surface area contributed by atoms with Gasteiger partial charge in [0.15, 0.2) is 0 Å². The smallest absolute Gasteiger partial charge is 0.253 e. The Bertz CT molecular complexity index is 697. The Balaban J connectivity index is 2.28. The van der Waals surface area contributed by atoms with Gasteiger partial charge < -0.3 is 20.2 Å². The second-order valence-electron chi connectivity index (χ2n) is 8.96. The molecule has 0 bridgehead atoms. The Morgan fingerprint density at radius 1 is 1.03 bits per heavy atom. The molecule has 1 aliphatic heterocycles. The molecule has 0 aromatic rings. The van der Waals surface area contributed by atoms with E-state index in [1.54, 1.807) is 0 Å². The number of hydrogen-bond donors (Lipinski definition) is 2. The van der Waals surface area contributed by atoms with E-state index in [4.69, 9.17) is 4.74 Å². The summed E-state index contributed by atoms with van der Waals surface area (Å²) >= 11 is 0. The van der Waals surface area contributed by atoms with E-state index < -0.39 is 11.8 Å². The van der Waals surface area contributed by atoms with Crippen LogP contribution < -0.4 is 10.6 Å². The first-order chi connectivity index (χ1) is 14.5. The van der Waals surface area contributed by atoms with E-state index in [1.165, 1.54) is 25.5 Å². The molecule has 0 fully saturated rings. The lowest BCUT2D eigenvalue weighted by atomic mass is 9.89. The first kappa shape index (κ1) is 26.3. The maximum Gasteiger partial charge on any atom is 0.253 e. The fourth-order valence-corrected chi connectivity index (χ4v) is 2.77. The molecule has 1 heterocycles. The summed E-state index contributed by atoms with van der Waals surface area (Å²) < 4.78 is 5.83. The highest BCUT2D eigenvalue weighted by atomic mass is 16.6. The molecular weight excluding hydrogens is 404 g/mol. The normalized spacial score (nSPS) is 14.4. The number of rotatable bonds is 14. The Hall–Kier alpha value is -2.75. The molecule has 31 heavy (non-hydrogen) atoms. The minimum absolute atomic E-state index is 0.0489. The number of carbonyl (C=O) groups excluding carboxylic acids is 4. The topological polar surface area (TPSA) is 126 Å². The minimum atomic E-state index is -0.397. The van der Waals surface area contributed by atoms with Crippen molar-refractivity contribution in [3.05, 3.63) is 12.2 Å². The lowest BCUT2D eigenvalue weighted by Gasteiger charge is -2.29. The number of hydrogen-bond acceptors (Lipinski definition) is 7. The van der Waals surface area contributed by atoms with E-state index in [1.807, 2.05) is 27.7 Å². The molecule has 0 aromatic carbocycles. The number of ether oxygens (including phenoxy) is 1. The van der Waals surface area contributed by atoms with Gasteiger partial charge in [-0.15, -0.1) is 0 Å². The molecule has 0 saturated heterocycles. The van der Waals surface area contributed by atoms with Gasteiger partial charge in [-0.1, -0.05) is 32.9 Å². The van der Waals surface area contributed by atoms with Crippen LogP contribution in [0.3, 0.4) is 0 Å². The third-order valence-corrected chi connectivity index (χ3v) is 4.42. The van der Waals surface area contributed by atoms with Crippen LogP contribution in [0.1, 0.15) is 40.5 Å². The second kappa shape index (κ2) is 12.2. The summed E-state index contributed by atoms with van der Waals surface area (Å²) in [5.74, 6) is -1.14. The van der Waals surface area contributed by atoms with Crippen LogP contribution >= 0.6 is 0 Å². The van der Waals surface area contributed by atoms with Crippen molar-refractivity contribution in [2.75, 3.05) is 40.0 Å². The van der Waals surface area contributed by atoms with Gasteiger partial charge in [-0.3, -0.25) is 24.1 Å². The molecule has 1 aliphatic rings. The number of nitrogens with one attached hydrogen (secondary N) is 2. The molecule has 1 rings (SSSR count). The van der Waals surface area contributed by atoms with Crippen LogP contribution in [0.15, 0.2) is 17.3 Å². The van der Waals surface area contributed by atoms with Gasteiger partial charge in [0.2, 0.25) is 11.8 Å². The maximum atomic E-state index is 12.1. The van der Waals surface area contributed by atoms with Crippen LogP contribution in [0.2, 0.25) is 0 Å². The van der Waals surface area contributed by atoms with Gasteiger partial charge in [0, 0.05) is 43.5 Å². The number of oxime groups is 1. The molecule has 4 amide bonds. The van der Waals surface area contributed by atoms with Crippen LogP contribution in [0.5, 0.6) is 0 Å². The molecule has 2 N–H and O–H groups in total. The van der Waals surface area contributed by atoms with Crippen molar-refractivity contribution in [2.45, 2.75) is 40.5 Å². The predicted octanol–water partition coefficient (Wildman–Crippen LogP) is 0.625. The molecule has 10 nitrogen and oxygen atoms in total. The van der Waals surface area contributed by atoms with Crippen molar-refractivity contribution < 1.29 is 28.8 Å². The van der Waals surface area contributed by atoms with Crippen LogP contribution in [-0.4, -0.2) is 74.7 Å². The van der Waals surface area contributed by atoms with Crippen molar-refractivity contribution in [1.82, 2.24) is 15.5 Å². The quantitative estimate of drug-likeness (QED) is 0.233. The van der Waals surface area contributed by atoms with Crippen molar-refractivity contribution in [3.63, 3.8) is 0 Å². The Labute approximate surface area is 183 Å². The molecule has 10 heteroatoms. The van der Waals surface area contributed by atoms with Gasteiger partial charge in [0.1, 0.15) is 7.11 Å². The van der Waals surface area contributed by atoms with E-state index >= 15 is 0 Å². The highest BCUT2D eigenvalue weighted by Crippen LogP contribution is 2.22. The average Bonchev–Trinajstić information content (AvgIpc) is 2.99. The Morgan fingerprint density at radius 3 is 2.26 bits per heavy atom. The summed E-state index contributed by atoms with van der Waals surface area (Å²) in [6.07, 6.45) is 4.21. The van der Waals surface area contributed by atoms with E-state index in [0.29, 0.717) is 32.7 Å². The Kier molecular flexibility index (Phi) is 10.3. The summed E-state index contributed by atoms with van der Waals surface area (Å²) in [6, 6.07) is 0. The van der Waals surface area contributed by atoms with Crippen molar-refractivity contribution in [2.24, 2.45) is 16.0 Å². The summed E-state index contributed by atoms with van der Waals surface area (Å²) in [6.45, 7) is 9.32. The minimum Gasteiger partial charge on any atom is -0.399 e. The number of carbonyl (C=O) groups is 4. The second-order valence-corrected chi connectivity index (χ2v) is 8.96. The summed E-state index contributed by atoms with van der Waals surface area (Å²) in [5, 5.41) is 9.10. The van der Waals surface area contributed by atoms with E-state index in [-0.39, 0.29) is 35.6 Å². The van der Waals surface area contributed by atoms with Gasteiger partial charge in [0.05, 0.1) is 26.0 Å².